The molecule has 0 saturated carbocycles. The topological polar surface area (TPSA) is 0 Å². The number of benzene rings is 3. The summed E-state index contributed by atoms with van der Waals surface area (Å²) in [6.45, 7) is 15.0. The van der Waals surface area contributed by atoms with Gasteiger partial charge in [-0.2, -0.15) is 0 Å². The Morgan fingerprint density at radius 3 is 1.34 bits per heavy atom. The van der Waals surface area contributed by atoms with E-state index in [2.05, 4.69) is 137 Å². The first kappa shape index (κ1) is 26.1. The molecule has 1 aliphatic rings. The second-order valence-electron chi connectivity index (χ2n) is 12.1. The second kappa shape index (κ2) is 10.6. The van der Waals surface area contributed by atoms with Gasteiger partial charge in [0, 0.05) is 0 Å². The van der Waals surface area contributed by atoms with Gasteiger partial charge in [0.15, 0.2) is 0 Å². The minimum absolute atomic E-state index is 0.167. The Kier molecular flexibility index (Phi) is 7.91. The fourth-order valence-corrected chi connectivity index (χ4v) is 17.1. The molecule has 0 heterocycles. The predicted molar refractivity (Wildman–Crippen MR) is 153 cm³/mol. The fraction of sp³-hybridized carbons (Fsp3) is 0.333. The van der Waals surface area contributed by atoms with Crippen LogP contribution in [0.1, 0.15) is 37.5 Å². The van der Waals surface area contributed by atoms with Crippen molar-refractivity contribution >= 4 is 8.07 Å². The molecule has 4 rings (SSSR count). The second-order valence-corrected chi connectivity index (χ2v) is 24.9. The summed E-state index contributed by atoms with van der Waals surface area (Å²) in [5.41, 5.74) is 9.41. The third kappa shape index (κ3) is 5.91. The Morgan fingerprint density at radius 2 is 1.00 bits per heavy atom. The standard InChI is InChI=1S/C12H21Si.3C7H7.Ti/c1-9-7-12(8-13(4,5)6)11(3)10(9)2;3*1-7-5-3-2-4-6-7;/h7H,8H2,1-6H3;3*2-6H,1H2;. The molecule has 0 N–H and O–H groups in total. The van der Waals surface area contributed by atoms with E-state index in [9.17, 15) is 0 Å². The molecule has 0 fully saturated rings. The average Bonchev–Trinajstić information content (AvgIpc) is 3.04. The summed E-state index contributed by atoms with van der Waals surface area (Å²) in [6.07, 6.45) is 2.78. The third-order valence-electron chi connectivity index (χ3n) is 8.26. The Bertz CT molecular complexity index is 1080. The van der Waals surface area contributed by atoms with Crippen molar-refractivity contribution in [1.29, 1.82) is 0 Å². The van der Waals surface area contributed by atoms with E-state index < -0.39 is 24.7 Å². The molecule has 182 valence electrons. The maximum absolute atomic E-state index is 2.78. The summed E-state index contributed by atoms with van der Waals surface area (Å²) in [7, 11) is -1.22. The van der Waals surface area contributed by atoms with Gasteiger partial charge in [-0.25, -0.2) is 0 Å². The minimum atomic E-state index is -2.77. The van der Waals surface area contributed by atoms with Gasteiger partial charge in [-0.1, -0.05) is 0 Å². The zero-order valence-electron chi connectivity index (χ0n) is 22.6. The third-order valence-corrected chi connectivity index (χ3v) is 19.0. The molecule has 1 unspecified atom stereocenters. The van der Waals surface area contributed by atoms with Crippen LogP contribution in [0, 0.1) is 0 Å². The van der Waals surface area contributed by atoms with E-state index in [4.69, 9.17) is 0 Å². The summed E-state index contributed by atoms with van der Waals surface area (Å²) in [5, 5.41) is 0. The van der Waals surface area contributed by atoms with Crippen LogP contribution in [0.3, 0.4) is 0 Å². The van der Waals surface area contributed by atoms with E-state index in [1.807, 2.05) is 0 Å². The van der Waals surface area contributed by atoms with Crippen LogP contribution in [0.2, 0.25) is 29.4 Å². The molecule has 3 aromatic rings. The molecular formula is C33H42SiTi. The Morgan fingerprint density at radius 1 is 0.629 bits per heavy atom. The number of allylic oxidation sites excluding steroid dienone is 4. The molecule has 1 atom stereocenters. The van der Waals surface area contributed by atoms with Gasteiger partial charge in [-0.15, -0.1) is 0 Å². The summed E-state index contributed by atoms with van der Waals surface area (Å²) < 4.78 is 3.88. The van der Waals surface area contributed by atoms with Gasteiger partial charge in [0.05, 0.1) is 0 Å². The molecule has 0 nitrogen and oxygen atoms in total. The van der Waals surface area contributed by atoms with Crippen LogP contribution in [0.25, 0.3) is 0 Å². The molecule has 0 aromatic heterocycles. The van der Waals surface area contributed by atoms with Crippen LogP contribution in [0.15, 0.2) is 114 Å². The average molecular weight is 515 g/mol. The van der Waals surface area contributed by atoms with Gasteiger partial charge in [0.2, 0.25) is 0 Å². The zero-order valence-corrected chi connectivity index (χ0v) is 25.1. The first-order valence-electron chi connectivity index (χ1n) is 13.1. The van der Waals surface area contributed by atoms with E-state index in [-0.39, 0.29) is 3.72 Å². The first-order chi connectivity index (χ1) is 16.6. The molecule has 0 radical (unpaired) electrons. The van der Waals surface area contributed by atoms with Gasteiger partial charge in [0.1, 0.15) is 0 Å². The summed E-state index contributed by atoms with van der Waals surface area (Å²) >= 11 is -2.77. The molecule has 0 bridgehead atoms. The Labute approximate surface area is 218 Å². The van der Waals surface area contributed by atoms with E-state index in [1.54, 1.807) is 16.7 Å². The molecule has 2 heteroatoms. The van der Waals surface area contributed by atoms with Crippen molar-refractivity contribution in [2.75, 3.05) is 0 Å². The maximum atomic E-state index is 2.78. The summed E-state index contributed by atoms with van der Waals surface area (Å²) in [6, 6.07) is 35.3. The monoisotopic (exact) mass is 514 g/mol. The molecule has 1 aliphatic carbocycles. The molecule has 0 spiro atoms. The van der Waals surface area contributed by atoms with Crippen molar-refractivity contribution < 1.29 is 16.6 Å². The van der Waals surface area contributed by atoms with Crippen LogP contribution in [-0.4, -0.2) is 8.07 Å². The predicted octanol–water partition coefficient (Wildman–Crippen LogP) is 9.53. The fourth-order valence-electron chi connectivity index (χ4n) is 6.20. The summed E-state index contributed by atoms with van der Waals surface area (Å²) in [5.74, 6) is 0. The molecule has 35 heavy (non-hydrogen) atoms. The van der Waals surface area contributed by atoms with Gasteiger partial charge in [0.25, 0.3) is 0 Å². The van der Waals surface area contributed by atoms with E-state index in [0.717, 1.165) is 0 Å². The Balaban J connectivity index is 1.92. The molecule has 0 saturated heterocycles. The van der Waals surface area contributed by atoms with Crippen LogP contribution >= 0.6 is 0 Å². The molecule has 0 aliphatic heterocycles. The first-order valence-corrected chi connectivity index (χ1v) is 20.9. The van der Waals surface area contributed by atoms with Gasteiger partial charge in [-0.3, -0.25) is 0 Å². The van der Waals surface area contributed by atoms with Crippen LogP contribution < -0.4 is 0 Å². The van der Waals surface area contributed by atoms with Crippen LogP contribution in [0.5, 0.6) is 0 Å². The molecule has 3 aromatic carbocycles. The Hall–Kier alpha value is -1.93. The van der Waals surface area contributed by atoms with Crippen molar-refractivity contribution in [3.05, 3.63) is 130 Å². The van der Waals surface area contributed by atoms with Gasteiger partial charge >= 0.3 is 219 Å². The normalized spacial score (nSPS) is 18.6. The molecule has 0 amide bonds. The van der Waals surface area contributed by atoms with E-state index in [1.165, 1.54) is 36.9 Å². The van der Waals surface area contributed by atoms with Gasteiger partial charge in [-0.05, 0) is 0 Å². The van der Waals surface area contributed by atoms with E-state index >= 15 is 0 Å². The summed E-state index contributed by atoms with van der Waals surface area (Å²) in [4.78, 5) is 0. The van der Waals surface area contributed by atoms with Gasteiger partial charge < -0.3 is 0 Å². The van der Waals surface area contributed by atoms with Crippen LogP contribution in [0.4, 0.5) is 0 Å². The number of rotatable bonds is 9. The van der Waals surface area contributed by atoms with Crippen LogP contribution in [-0.2, 0) is 30.8 Å². The van der Waals surface area contributed by atoms with Crippen molar-refractivity contribution in [2.45, 2.75) is 64.4 Å². The molecular weight excluding hydrogens is 472 g/mol. The zero-order chi connectivity index (χ0) is 25.1. The van der Waals surface area contributed by atoms with Crippen molar-refractivity contribution in [1.82, 2.24) is 0 Å². The number of hydrogen-bond acceptors (Lipinski definition) is 0. The quantitative estimate of drug-likeness (QED) is 0.249. The van der Waals surface area contributed by atoms with E-state index in [0.29, 0.717) is 0 Å². The van der Waals surface area contributed by atoms with Crippen molar-refractivity contribution in [2.24, 2.45) is 0 Å². The SMILES string of the molecule is CC1=C(C)[C](C)([Ti]([CH2]c2ccccc2)([CH2]c2ccccc2)[CH2]c2ccccc2)C=C1C[Si](C)(C)C. The number of hydrogen-bond donors (Lipinski definition) is 0. The van der Waals surface area contributed by atoms with Crippen molar-refractivity contribution in [3.63, 3.8) is 0 Å². The van der Waals surface area contributed by atoms with Crippen molar-refractivity contribution in [3.8, 4) is 0 Å².